The number of nitro groups is 1. The predicted molar refractivity (Wildman–Crippen MR) is 139 cm³/mol. The summed E-state index contributed by atoms with van der Waals surface area (Å²) in [4.78, 5) is 39.7. The van der Waals surface area contributed by atoms with Crippen LogP contribution in [0.2, 0.25) is 5.02 Å². The number of nitriles is 1. The second kappa shape index (κ2) is 17.1. The van der Waals surface area contributed by atoms with E-state index in [4.69, 9.17) is 47.6 Å². The molecule has 0 amide bonds. The van der Waals surface area contributed by atoms with Crippen molar-refractivity contribution in [1.29, 1.82) is 5.26 Å². The zero-order valence-electron chi connectivity index (χ0n) is 20.4. The number of hydrogen-bond acceptors (Lipinski definition) is 10. The summed E-state index contributed by atoms with van der Waals surface area (Å²) in [6.45, 7) is 0. The number of halogens is 1. The Morgan fingerprint density at radius 2 is 1.68 bits per heavy atom. The lowest BCUT2D eigenvalue weighted by Gasteiger charge is -2.03. The lowest BCUT2D eigenvalue weighted by atomic mass is 10.1. The number of carboxylic acid groups (broad SMARTS) is 3. The molecule has 0 saturated heterocycles. The van der Waals surface area contributed by atoms with Crippen molar-refractivity contribution in [1.82, 2.24) is 0 Å². The van der Waals surface area contributed by atoms with Crippen LogP contribution in [-0.2, 0) is 24.5 Å². The maximum atomic E-state index is 10.6. The van der Waals surface area contributed by atoms with Gasteiger partial charge in [0.05, 0.1) is 9.82 Å². The Balaban J connectivity index is 0.000000573. The van der Waals surface area contributed by atoms with Crippen molar-refractivity contribution in [3.8, 4) is 11.8 Å². The van der Waals surface area contributed by atoms with Crippen molar-refractivity contribution < 1.29 is 52.7 Å². The number of unbranched alkanes of at least 4 members (excludes halogenated alkanes) is 1. The van der Waals surface area contributed by atoms with Gasteiger partial charge in [-0.1, -0.05) is 30.2 Å². The van der Waals surface area contributed by atoms with E-state index in [0.717, 1.165) is 18.2 Å². The van der Waals surface area contributed by atoms with Crippen LogP contribution in [0.15, 0.2) is 52.9 Å². The Hall–Kier alpha value is -4.56. The van der Waals surface area contributed by atoms with E-state index in [9.17, 15) is 32.9 Å². The summed E-state index contributed by atoms with van der Waals surface area (Å²) in [7, 11) is -4.37. The average molecular weight is 602 g/mol. The van der Waals surface area contributed by atoms with Crippen molar-refractivity contribution in [2.24, 2.45) is 5.73 Å². The third-order valence-corrected chi connectivity index (χ3v) is 5.59. The quantitative estimate of drug-likeness (QED) is 0.0570. The number of carbonyl (C=O) groups is 3. The molecule has 216 valence electrons. The Kier molecular flexibility index (Phi) is 15.2. The molecule has 40 heavy (non-hydrogen) atoms. The van der Waals surface area contributed by atoms with E-state index in [1.54, 1.807) is 6.07 Å². The number of phenolic OH excluding ortho intramolecular Hbond substituents is 1. The predicted octanol–water partition coefficient (Wildman–Crippen LogP) is 2.92. The summed E-state index contributed by atoms with van der Waals surface area (Å²) in [5.74, 6) is -3.07. The Labute approximate surface area is 232 Å². The second-order valence-corrected chi connectivity index (χ2v) is 9.32. The number of aliphatic carboxylic acids is 3. The highest BCUT2D eigenvalue weighted by Crippen LogP contribution is 2.26. The highest BCUT2D eigenvalue weighted by Gasteiger charge is 2.17. The minimum atomic E-state index is -4.37. The van der Waals surface area contributed by atoms with Gasteiger partial charge >= 0.3 is 17.9 Å². The smallest absolute Gasteiger partial charge is 0.346 e. The van der Waals surface area contributed by atoms with Crippen molar-refractivity contribution in [2.75, 3.05) is 0 Å². The van der Waals surface area contributed by atoms with E-state index in [1.165, 1.54) is 30.3 Å². The lowest BCUT2D eigenvalue weighted by molar-refractivity contribution is -0.384. The summed E-state index contributed by atoms with van der Waals surface area (Å²) >= 11 is 5.41. The molecule has 17 heteroatoms. The highest BCUT2D eigenvalue weighted by molar-refractivity contribution is 7.85. The Bertz CT molecular complexity index is 1390. The van der Waals surface area contributed by atoms with Gasteiger partial charge in [-0.25, -0.2) is 4.79 Å². The average Bonchev–Trinajstić information content (AvgIpc) is 2.85. The zero-order valence-corrected chi connectivity index (χ0v) is 21.9. The third kappa shape index (κ3) is 14.4. The van der Waals surface area contributed by atoms with E-state index < -0.39 is 49.6 Å². The van der Waals surface area contributed by atoms with Gasteiger partial charge in [0.2, 0.25) is 0 Å². The number of nitrogens with two attached hydrogens (primary N) is 1. The van der Waals surface area contributed by atoms with Gasteiger partial charge < -0.3 is 26.2 Å². The van der Waals surface area contributed by atoms with Crippen LogP contribution in [0.3, 0.4) is 0 Å². The van der Waals surface area contributed by atoms with Gasteiger partial charge in [0, 0.05) is 12.5 Å². The molecule has 1 atom stereocenters. The fourth-order valence-corrected chi connectivity index (χ4v) is 3.26. The molecule has 0 aliphatic carbocycles. The fraction of sp³-hybridized carbons (Fsp3) is 0.217. The first kappa shape index (κ1) is 35.4. The highest BCUT2D eigenvalue weighted by atomic mass is 35.5. The monoisotopic (exact) mass is 601 g/mol. The number of carboxylic acids is 3. The number of rotatable bonds is 10. The summed E-state index contributed by atoms with van der Waals surface area (Å²) in [6.07, 6.45) is 2.67. The van der Waals surface area contributed by atoms with Gasteiger partial charge in [0.1, 0.15) is 28.5 Å². The maximum Gasteiger partial charge on any atom is 0.346 e. The molecule has 0 aliphatic heterocycles. The molecule has 7 N–H and O–H groups in total. The Morgan fingerprint density at radius 1 is 1.10 bits per heavy atom. The largest absolute Gasteiger partial charge is 0.508 e. The zero-order chi connectivity index (χ0) is 31.0. The number of nitrogens with zero attached hydrogens (tertiary/aromatic N) is 2. The van der Waals surface area contributed by atoms with Gasteiger partial charge in [-0.3, -0.25) is 24.3 Å². The molecule has 0 aliphatic rings. The topological polar surface area (TPSA) is 279 Å². The first-order valence-corrected chi connectivity index (χ1v) is 12.6. The number of phenols is 1. The molecule has 2 rings (SSSR count). The van der Waals surface area contributed by atoms with Crippen LogP contribution >= 0.6 is 11.6 Å². The summed E-state index contributed by atoms with van der Waals surface area (Å²) in [6, 6.07) is 9.21. The molecule has 0 fully saturated rings. The van der Waals surface area contributed by atoms with Crippen LogP contribution in [0, 0.1) is 21.4 Å². The van der Waals surface area contributed by atoms with Crippen LogP contribution in [0.1, 0.15) is 31.2 Å². The van der Waals surface area contributed by atoms with Crippen molar-refractivity contribution in [3.05, 3.63) is 68.7 Å². The molecule has 0 heterocycles. The Morgan fingerprint density at radius 3 is 2.08 bits per heavy atom. The van der Waals surface area contributed by atoms with Crippen molar-refractivity contribution in [2.45, 2.75) is 36.6 Å². The van der Waals surface area contributed by atoms with Gasteiger partial charge in [-0.05, 0) is 48.7 Å². The van der Waals surface area contributed by atoms with Crippen LogP contribution in [-0.4, -0.2) is 62.3 Å². The summed E-state index contributed by atoms with van der Waals surface area (Å²) in [5, 5.41) is 52.5. The van der Waals surface area contributed by atoms with Crippen molar-refractivity contribution in [3.63, 3.8) is 0 Å². The summed E-state index contributed by atoms with van der Waals surface area (Å²) < 4.78 is 29.8. The molecule has 2 aromatic rings. The molecule has 0 radical (unpaired) electrons. The minimum Gasteiger partial charge on any atom is -0.508 e. The minimum absolute atomic E-state index is 0.0757. The van der Waals surface area contributed by atoms with E-state index >= 15 is 0 Å². The van der Waals surface area contributed by atoms with Gasteiger partial charge in [0.25, 0.3) is 15.8 Å². The number of aromatic hydroxyl groups is 1. The molecule has 2 aromatic carbocycles. The van der Waals surface area contributed by atoms with E-state index in [0.29, 0.717) is 24.8 Å². The lowest BCUT2D eigenvalue weighted by Crippen LogP contribution is -2.29. The number of nitro benzene ring substituents is 1. The second-order valence-electron chi connectivity index (χ2n) is 7.50. The first-order chi connectivity index (χ1) is 18.5. The van der Waals surface area contributed by atoms with Gasteiger partial charge in [-0.15, -0.1) is 0 Å². The molecule has 0 aromatic heterocycles. The molecular weight excluding hydrogens is 578 g/mol. The third-order valence-electron chi connectivity index (χ3n) is 4.44. The SMILES string of the molecule is N#CC(=Cc1ccc(O)cc1)C(=O)O.NC(CCCCC(=O)O)C(=O)O.O=[N+]([O-])c1ccc(S(=O)(=O)O)cc1Cl. The molecule has 15 nitrogen and oxygen atoms in total. The first-order valence-electron chi connectivity index (χ1n) is 10.7. The van der Waals surface area contributed by atoms with E-state index in [-0.39, 0.29) is 22.8 Å². The number of benzene rings is 2. The van der Waals surface area contributed by atoms with Crippen LogP contribution in [0.4, 0.5) is 5.69 Å². The fourth-order valence-electron chi connectivity index (χ4n) is 2.44. The van der Waals surface area contributed by atoms with E-state index in [2.05, 4.69) is 0 Å². The maximum absolute atomic E-state index is 10.6. The molecule has 0 spiro atoms. The van der Waals surface area contributed by atoms with Crippen LogP contribution in [0.25, 0.3) is 6.08 Å². The number of hydrogen-bond donors (Lipinski definition) is 6. The van der Waals surface area contributed by atoms with Gasteiger partial charge in [0.15, 0.2) is 0 Å². The standard InChI is InChI=1S/C10H7NO3.C7H13NO4.C6H4ClNO5S/c11-6-8(10(13)14)5-7-1-3-9(12)4-2-7;8-5(7(11)12)3-1-2-4-6(9)10;7-5-3-4(14(11,12)13)1-2-6(5)8(9)10/h1-5,12H,(H,13,14);5H,1-4,8H2,(H,9,10)(H,11,12);1-3H,(H,11,12,13). The molecule has 1 unspecified atom stereocenters. The molecule has 0 bridgehead atoms. The van der Waals surface area contributed by atoms with Crippen LogP contribution < -0.4 is 5.73 Å². The van der Waals surface area contributed by atoms with Crippen LogP contribution in [0.5, 0.6) is 5.75 Å². The molecular formula is C23H24ClN3O12S. The molecule has 0 saturated carbocycles. The van der Waals surface area contributed by atoms with Gasteiger partial charge in [-0.2, -0.15) is 13.7 Å². The van der Waals surface area contributed by atoms with Crippen molar-refractivity contribution >= 4 is 51.4 Å². The van der Waals surface area contributed by atoms with E-state index in [1.807, 2.05) is 0 Å². The normalized spacial score (nSPS) is 11.4. The summed E-state index contributed by atoms with van der Waals surface area (Å²) in [5.41, 5.74) is 4.99.